The minimum Gasteiger partial charge on any atom is -0.339 e. The lowest BCUT2D eigenvalue weighted by atomic mass is 10.2. The molecule has 0 bridgehead atoms. The van der Waals surface area contributed by atoms with E-state index in [4.69, 9.17) is 4.52 Å². The van der Waals surface area contributed by atoms with E-state index in [1.54, 1.807) is 11.6 Å². The number of aryl methyl sites for hydroxylation is 2. The predicted octanol–water partition coefficient (Wildman–Crippen LogP) is 1.31. The van der Waals surface area contributed by atoms with E-state index in [1.165, 1.54) is 0 Å². The van der Waals surface area contributed by atoms with Gasteiger partial charge in [-0.1, -0.05) is 12.1 Å². The van der Waals surface area contributed by atoms with Gasteiger partial charge >= 0.3 is 0 Å². The van der Waals surface area contributed by atoms with Crippen LogP contribution in [-0.2, 0) is 13.0 Å². The molecule has 0 N–H and O–H groups in total. The van der Waals surface area contributed by atoms with E-state index in [2.05, 4.69) is 15.2 Å². The summed E-state index contributed by atoms with van der Waals surface area (Å²) in [5, 5.41) is 8.13. The number of carbonyl (C=O) groups excluding carboxylic acids is 1. The maximum atomic E-state index is 10.9. The molecule has 2 aromatic heterocycles. The molecule has 0 amide bonds. The van der Waals surface area contributed by atoms with Crippen molar-refractivity contribution in [3.63, 3.8) is 0 Å². The SMILES string of the molecule is CCc1nc(Cn2nc(C)c(C=O)c2C)no1. The van der Waals surface area contributed by atoms with Crippen LogP contribution in [0.1, 0.15) is 40.4 Å². The molecule has 17 heavy (non-hydrogen) atoms. The summed E-state index contributed by atoms with van der Waals surface area (Å²) in [5.41, 5.74) is 2.17. The molecule has 0 aliphatic carbocycles. The maximum absolute atomic E-state index is 10.9. The smallest absolute Gasteiger partial charge is 0.226 e. The monoisotopic (exact) mass is 234 g/mol. The van der Waals surface area contributed by atoms with Crippen LogP contribution in [0.5, 0.6) is 0 Å². The number of carbonyl (C=O) groups is 1. The van der Waals surface area contributed by atoms with E-state index in [9.17, 15) is 4.79 Å². The molecule has 0 fully saturated rings. The zero-order valence-corrected chi connectivity index (χ0v) is 10.1. The van der Waals surface area contributed by atoms with Crippen molar-refractivity contribution in [2.75, 3.05) is 0 Å². The number of nitrogens with zero attached hydrogens (tertiary/aromatic N) is 4. The second-order valence-corrected chi connectivity index (χ2v) is 3.82. The van der Waals surface area contributed by atoms with E-state index < -0.39 is 0 Å². The number of rotatable bonds is 4. The van der Waals surface area contributed by atoms with Crippen molar-refractivity contribution in [3.05, 3.63) is 28.7 Å². The Labute approximate surface area is 98.6 Å². The molecule has 0 spiro atoms. The van der Waals surface area contributed by atoms with Crippen molar-refractivity contribution in [1.29, 1.82) is 0 Å². The molecule has 0 saturated heterocycles. The van der Waals surface area contributed by atoms with Gasteiger partial charge in [-0.3, -0.25) is 9.48 Å². The van der Waals surface area contributed by atoms with E-state index >= 15 is 0 Å². The number of hydrogen-bond acceptors (Lipinski definition) is 5. The minimum atomic E-state index is 0.421. The highest BCUT2D eigenvalue weighted by Crippen LogP contribution is 2.11. The highest BCUT2D eigenvalue weighted by atomic mass is 16.5. The molecule has 0 atom stereocenters. The van der Waals surface area contributed by atoms with Gasteiger partial charge in [0.2, 0.25) is 5.89 Å². The Morgan fingerprint density at radius 2 is 2.18 bits per heavy atom. The quantitative estimate of drug-likeness (QED) is 0.745. The van der Waals surface area contributed by atoms with Crippen LogP contribution in [-0.4, -0.2) is 26.2 Å². The summed E-state index contributed by atoms with van der Waals surface area (Å²) in [5.74, 6) is 1.18. The predicted molar refractivity (Wildman–Crippen MR) is 59.9 cm³/mol. The van der Waals surface area contributed by atoms with Crippen LogP contribution in [0.2, 0.25) is 0 Å². The lowest BCUT2D eigenvalue weighted by Crippen LogP contribution is -2.06. The number of aromatic nitrogens is 4. The maximum Gasteiger partial charge on any atom is 0.226 e. The van der Waals surface area contributed by atoms with Gasteiger partial charge in [-0.05, 0) is 13.8 Å². The number of aldehydes is 1. The largest absolute Gasteiger partial charge is 0.339 e. The van der Waals surface area contributed by atoms with Crippen LogP contribution in [0.4, 0.5) is 0 Å². The summed E-state index contributed by atoms with van der Waals surface area (Å²) in [4.78, 5) is 15.1. The summed E-state index contributed by atoms with van der Waals surface area (Å²) in [7, 11) is 0. The Hall–Kier alpha value is -1.98. The first-order valence-corrected chi connectivity index (χ1v) is 5.46. The van der Waals surface area contributed by atoms with Crippen LogP contribution in [0.15, 0.2) is 4.52 Å². The Kier molecular flexibility index (Phi) is 3.03. The van der Waals surface area contributed by atoms with E-state index in [0.717, 1.165) is 17.7 Å². The van der Waals surface area contributed by atoms with Gasteiger partial charge in [0.25, 0.3) is 0 Å². The fourth-order valence-electron chi connectivity index (χ4n) is 1.67. The van der Waals surface area contributed by atoms with Crippen molar-refractivity contribution < 1.29 is 9.32 Å². The zero-order chi connectivity index (χ0) is 12.4. The molecule has 6 nitrogen and oxygen atoms in total. The molecular formula is C11H14N4O2. The van der Waals surface area contributed by atoms with Gasteiger partial charge in [0.15, 0.2) is 12.1 Å². The van der Waals surface area contributed by atoms with Crippen molar-refractivity contribution in [1.82, 2.24) is 19.9 Å². The fourth-order valence-corrected chi connectivity index (χ4v) is 1.67. The van der Waals surface area contributed by atoms with Crippen molar-refractivity contribution in [3.8, 4) is 0 Å². The van der Waals surface area contributed by atoms with Gasteiger partial charge < -0.3 is 4.52 Å². The molecule has 0 aliphatic heterocycles. The van der Waals surface area contributed by atoms with Crippen LogP contribution in [0, 0.1) is 13.8 Å². The molecule has 2 rings (SSSR count). The molecule has 2 heterocycles. The molecular weight excluding hydrogens is 220 g/mol. The number of hydrogen-bond donors (Lipinski definition) is 0. The molecule has 0 saturated carbocycles. The van der Waals surface area contributed by atoms with E-state index in [1.807, 2.05) is 13.8 Å². The lowest BCUT2D eigenvalue weighted by molar-refractivity contribution is 0.112. The van der Waals surface area contributed by atoms with E-state index in [0.29, 0.717) is 30.2 Å². The van der Waals surface area contributed by atoms with Crippen molar-refractivity contribution in [2.24, 2.45) is 0 Å². The second-order valence-electron chi connectivity index (χ2n) is 3.82. The normalized spacial score (nSPS) is 10.8. The molecule has 0 unspecified atom stereocenters. The third-order valence-electron chi connectivity index (χ3n) is 2.66. The van der Waals surface area contributed by atoms with Crippen LogP contribution in [0.25, 0.3) is 0 Å². The molecule has 0 aromatic carbocycles. The Morgan fingerprint density at radius 1 is 1.41 bits per heavy atom. The first-order valence-electron chi connectivity index (χ1n) is 5.46. The zero-order valence-electron chi connectivity index (χ0n) is 10.1. The van der Waals surface area contributed by atoms with E-state index in [-0.39, 0.29) is 0 Å². The average Bonchev–Trinajstić information content (AvgIpc) is 2.86. The van der Waals surface area contributed by atoms with Gasteiger partial charge in [-0.25, -0.2) is 0 Å². The molecule has 0 radical (unpaired) electrons. The third kappa shape index (κ3) is 2.11. The lowest BCUT2D eigenvalue weighted by Gasteiger charge is -1.99. The minimum absolute atomic E-state index is 0.421. The second kappa shape index (κ2) is 4.48. The summed E-state index contributed by atoms with van der Waals surface area (Å²) < 4.78 is 6.73. The van der Waals surface area contributed by atoms with Gasteiger partial charge in [0.1, 0.15) is 6.54 Å². The van der Waals surface area contributed by atoms with Crippen molar-refractivity contribution >= 4 is 6.29 Å². The first-order chi connectivity index (χ1) is 8.15. The first kappa shape index (κ1) is 11.5. The third-order valence-corrected chi connectivity index (χ3v) is 2.66. The highest BCUT2D eigenvalue weighted by Gasteiger charge is 2.13. The summed E-state index contributed by atoms with van der Waals surface area (Å²) in [6, 6.07) is 0. The highest BCUT2D eigenvalue weighted by molar-refractivity contribution is 5.78. The standard InChI is InChI=1S/C11H14N4O2/c1-4-11-12-10(14-17-11)5-15-8(3)9(6-16)7(2)13-15/h6H,4-5H2,1-3H3. The summed E-state index contributed by atoms with van der Waals surface area (Å²) in [6.07, 6.45) is 1.53. The Morgan fingerprint density at radius 3 is 2.71 bits per heavy atom. The molecule has 0 aliphatic rings. The summed E-state index contributed by atoms with van der Waals surface area (Å²) >= 11 is 0. The average molecular weight is 234 g/mol. The van der Waals surface area contributed by atoms with Gasteiger partial charge in [-0.2, -0.15) is 10.1 Å². The molecule has 90 valence electrons. The van der Waals surface area contributed by atoms with Crippen molar-refractivity contribution in [2.45, 2.75) is 33.7 Å². The Bertz CT molecular complexity index is 542. The van der Waals surface area contributed by atoms with Gasteiger partial charge in [-0.15, -0.1) is 0 Å². The Balaban J connectivity index is 2.27. The van der Waals surface area contributed by atoms with Gasteiger partial charge in [0, 0.05) is 12.1 Å². The molecule has 6 heteroatoms. The molecule has 2 aromatic rings. The topological polar surface area (TPSA) is 73.8 Å². The van der Waals surface area contributed by atoms with Crippen LogP contribution < -0.4 is 0 Å². The summed E-state index contributed by atoms with van der Waals surface area (Å²) in [6.45, 7) is 6.03. The van der Waals surface area contributed by atoms with Crippen LogP contribution >= 0.6 is 0 Å². The fraction of sp³-hybridized carbons (Fsp3) is 0.455. The van der Waals surface area contributed by atoms with Gasteiger partial charge in [0.05, 0.1) is 11.3 Å². The van der Waals surface area contributed by atoms with Crippen LogP contribution in [0.3, 0.4) is 0 Å².